The molecule has 4 rings (SSSR count). The number of hydrogen-bond donors (Lipinski definition) is 3. The molecule has 1 atom stereocenters. The van der Waals surface area contributed by atoms with Gasteiger partial charge in [-0.2, -0.15) is 0 Å². The molecule has 7 nitrogen and oxygen atoms in total. The average Bonchev–Trinajstić information content (AvgIpc) is 2.93. The maximum Gasteiger partial charge on any atom is 0.322 e. The second kappa shape index (κ2) is 5.31. The quantitative estimate of drug-likeness (QED) is 0.622. The fourth-order valence-electron chi connectivity index (χ4n) is 2.77. The number of rotatable bonds is 2. The van der Waals surface area contributed by atoms with E-state index >= 15 is 0 Å². The average molecular weight is 320 g/mol. The van der Waals surface area contributed by atoms with Crippen LogP contribution in [0, 0.1) is 0 Å². The van der Waals surface area contributed by atoms with E-state index in [2.05, 4.69) is 20.6 Å². The molecule has 1 aromatic heterocycles. The van der Waals surface area contributed by atoms with Gasteiger partial charge >= 0.3 is 6.03 Å². The number of benzene rings is 2. The van der Waals surface area contributed by atoms with Gasteiger partial charge < -0.3 is 10.3 Å². The lowest BCUT2D eigenvalue weighted by Crippen LogP contribution is -2.22. The largest absolute Gasteiger partial charge is 0.322 e. The SMILES string of the molecule is O=C1NC(=O)[C@@H](c2ccc(-c3ccc4nc[nH]c(=O)c4c3)cc2)N1. The number of amides is 3. The van der Waals surface area contributed by atoms with Crippen LogP contribution in [-0.4, -0.2) is 21.9 Å². The molecule has 7 heteroatoms. The zero-order valence-corrected chi connectivity index (χ0v) is 12.4. The summed E-state index contributed by atoms with van der Waals surface area (Å²) in [6.07, 6.45) is 1.38. The summed E-state index contributed by atoms with van der Waals surface area (Å²) in [6.45, 7) is 0. The van der Waals surface area contributed by atoms with Crippen molar-refractivity contribution in [3.8, 4) is 11.1 Å². The monoisotopic (exact) mass is 320 g/mol. The summed E-state index contributed by atoms with van der Waals surface area (Å²) in [5.41, 5.74) is 2.90. The summed E-state index contributed by atoms with van der Waals surface area (Å²) >= 11 is 0. The van der Waals surface area contributed by atoms with Gasteiger partial charge in [-0.05, 0) is 28.8 Å². The third-order valence-corrected chi connectivity index (χ3v) is 3.99. The van der Waals surface area contributed by atoms with Gasteiger partial charge in [-0.3, -0.25) is 14.9 Å². The maximum atomic E-state index is 11.9. The first-order valence-electron chi connectivity index (χ1n) is 7.31. The fraction of sp³-hybridized carbons (Fsp3) is 0.0588. The highest BCUT2D eigenvalue weighted by Gasteiger charge is 2.30. The van der Waals surface area contributed by atoms with Crippen molar-refractivity contribution in [2.45, 2.75) is 6.04 Å². The molecule has 3 aromatic rings. The Morgan fingerprint density at radius 3 is 2.38 bits per heavy atom. The minimum atomic E-state index is -0.671. The number of hydrogen-bond acceptors (Lipinski definition) is 4. The zero-order chi connectivity index (χ0) is 16.7. The summed E-state index contributed by atoms with van der Waals surface area (Å²) in [7, 11) is 0. The van der Waals surface area contributed by atoms with Gasteiger partial charge in [-0.15, -0.1) is 0 Å². The van der Waals surface area contributed by atoms with Crippen LogP contribution in [-0.2, 0) is 4.79 Å². The van der Waals surface area contributed by atoms with E-state index in [0.717, 1.165) is 11.1 Å². The van der Waals surface area contributed by atoms with Crippen LogP contribution < -0.4 is 16.2 Å². The van der Waals surface area contributed by atoms with Crippen LogP contribution in [0.2, 0.25) is 0 Å². The Bertz CT molecular complexity index is 1020. The number of aromatic nitrogens is 2. The number of aromatic amines is 1. The molecule has 0 saturated carbocycles. The van der Waals surface area contributed by atoms with Gasteiger partial charge in [-0.25, -0.2) is 9.78 Å². The van der Waals surface area contributed by atoms with Crippen molar-refractivity contribution < 1.29 is 9.59 Å². The van der Waals surface area contributed by atoms with Gasteiger partial charge in [0.05, 0.1) is 17.2 Å². The van der Waals surface area contributed by atoms with Gasteiger partial charge in [-0.1, -0.05) is 30.3 Å². The van der Waals surface area contributed by atoms with E-state index in [-0.39, 0.29) is 11.5 Å². The van der Waals surface area contributed by atoms with Crippen LogP contribution >= 0.6 is 0 Å². The number of carbonyl (C=O) groups is 2. The third-order valence-electron chi connectivity index (χ3n) is 3.99. The summed E-state index contributed by atoms with van der Waals surface area (Å²) < 4.78 is 0. The van der Waals surface area contributed by atoms with E-state index in [1.807, 2.05) is 18.2 Å². The highest BCUT2D eigenvalue weighted by Crippen LogP contribution is 2.25. The molecule has 0 aliphatic carbocycles. The molecular formula is C17H12N4O3. The Balaban J connectivity index is 1.70. The first-order chi connectivity index (χ1) is 11.6. The number of carbonyl (C=O) groups excluding carboxylic acids is 2. The summed E-state index contributed by atoms with van der Waals surface area (Å²) in [5.74, 6) is -0.365. The van der Waals surface area contributed by atoms with Crippen molar-refractivity contribution in [1.29, 1.82) is 0 Å². The Kier molecular flexibility index (Phi) is 3.13. The van der Waals surface area contributed by atoms with Gasteiger partial charge in [0.1, 0.15) is 6.04 Å². The lowest BCUT2D eigenvalue weighted by Gasteiger charge is -2.09. The van der Waals surface area contributed by atoms with Crippen LogP contribution in [0.1, 0.15) is 11.6 Å². The number of imide groups is 1. The fourth-order valence-corrected chi connectivity index (χ4v) is 2.77. The summed E-state index contributed by atoms with van der Waals surface area (Å²) in [6, 6.07) is 11.5. The van der Waals surface area contributed by atoms with Crippen molar-refractivity contribution in [3.63, 3.8) is 0 Å². The van der Waals surface area contributed by atoms with Crippen LogP contribution in [0.15, 0.2) is 53.6 Å². The molecule has 3 amide bonds. The number of nitrogens with zero attached hydrogens (tertiary/aromatic N) is 1. The zero-order valence-electron chi connectivity index (χ0n) is 12.4. The second-order valence-electron chi connectivity index (χ2n) is 5.48. The molecule has 0 unspecified atom stereocenters. The molecule has 3 N–H and O–H groups in total. The molecule has 2 aromatic carbocycles. The van der Waals surface area contributed by atoms with E-state index < -0.39 is 12.1 Å². The minimum Gasteiger partial charge on any atom is -0.322 e. The molecule has 0 radical (unpaired) electrons. The highest BCUT2D eigenvalue weighted by atomic mass is 16.2. The van der Waals surface area contributed by atoms with Crippen molar-refractivity contribution in [1.82, 2.24) is 20.6 Å². The van der Waals surface area contributed by atoms with E-state index in [1.165, 1.54) is 6.33 Å². The van der Waals surface area contributed by atoms with Crippen LogP contribution in [0.25, 0.3) is 22.0 Å². The molecule has 2 heterocycles. The Labute approximate surface area is 135 Å². The van der Waals surface area contributed by atoms with Crippen molar-refractivity contribution in [2.24, 2.45) is 0 Å². The van der Waals surface area contributed by atoms with Gasteiger partial charge in [0, 0.05) is 0 Å². The predicted octanol–water partition coefficient (Wildman–Crippen LogP) is 1.47. The topological polar surface area (TPSA) is 104 Å². The molecule has 1 aliphatic rings. The molecule has 0 bridgehead atoms. The lowest BCUT2D eigenvalue weighted by molar-refractivity contribution is -0.120. The van der Waals surface area contributed by atoms with Gasteiger partial charge in [0.15, 0.2) is 0 Å². The van der Waals surface area contributed by atoms with Crippen molar-refractivity contribution in [2.75, 3.05) is 0 Å². The molecule has 24 heavy (non-hydrogen) atoms. The smallest absolute Gasteiger partial charge is 0.322 e. The van der Waals surface area contributed by atoms with Crippen LogP contribution in [0.5, 0.6) is 0 Å². The van der Waals surface area contributed by atoms with E-state index in [1.54, 1.807) is 24.3 Å². The Hall–Kier alpha value is -3.48. The molecule has 118 valence electrons. The number of fused-ring (bicyclic) bond motifs is 1. The normalized spacial score (nSPS) is 16.9. The van der Waals surface area contributed by atoms with Crippen LogP contribution in [0.4, 0.5) is 4.79 Å². The van der Waals surface area contributed by atoms with Crippen LogP contribution in [0.3, 0.4) is 0 Å². The third kappa shape index (κ3) is 2.32. The highest BCUT2D eigenvalue weighted by molar-refractivity contribution is 6.04. The second-order valence-corrected chi connectivity index (χ2v) is 5.48. The Morgan fingerprint density at radius 1 is 0.917 bits per heavy atom. The maximum absolute atomic E-state index is 11.9. The molecule has 1 saturated heterocycles. The molecule has 1 aliphatic heterocycles. The lowest BCUT2D eigenvalue weighted by atomic mass is 10.00. The van der Waals surface area contributed by atoms with E-state index in [0.29, 0.717) is 16.5 Å². The first-order valence-corrected chi connectivity index (χ1v) is 7.31. The Morgan fingerprint density at radius 2 is 1.67 bits per heavy atom. The summed E-state index contributed by atoms with van der Waals surface area (Å²) in [5, 5.41) is 5.28. The summed E-state index contributed by atoms with van der Waals surface area (Å²) in [4.78, 5) is 41.4. The van der Waals surface area contributed by atoms with Gasteiger partial charge in [0.25, 0.3) is 11.5 Å². The molecule has 0 spiro atoms. The van der Waals surface area contributed by atoms with Crippen molar-refractivity contribution >= 4 is 22.8 Å². The van der Waals surface area contributed by atoms with Gasteiger partial charge in [0.2, 0.25) is 0 Å². The molecule has 1 fully saturated rings. The number of nitrogens with one attached hydrogen (secondary N) is 3. The van der Waals surface area contributed by atoms with E-state index in [9.17, 15) is 14.4 Å². The van der Waals surface area contributed by atoms with Crippen molar-refractivity contribution in [3.05, 3.63) is 64.7 Å². The standard InChI is InChI=1S/C17H12N4O3/c22-15-12-7-11(5-6-13(12)18-8-19-15)9-1-3-10(4-2-9)14-16(23)21-17(24)20-14/h1-8,14H,(H,18,19,22)(H2,20,21,23,24)/t14-/m1/s1. The predicted molar refractivity (Wildman–Crippen MR) is 87.2 cm³/mol. The first kappa shape index (κ1) is 14.1. The molecular weight excluding hydrogens is 308 g/mol. The van der Waals surface area contributed by atoms with E-state index in [4.69, 9.17) is 0 Å². The number of urea groups is 1. The number of H-pyrrole nitrogens is 1. The minimum absolute atomic E-state index is 0.191.